The number of esters is 2. The number of benzene rings is 2. The van der Waals surface area contributed by atoms with Crippen molar-refractivity contribution < 1.29 is 19.1 Å². The molecule has 0 spiro atoms. The van der Waals surface area contributed by atoms with Crippen LogP contribution in [-0.2, 0) is 20.7 Å². The Morgan fingerprint density at radius 2 is 1.73 bits per heavy atom. The molecule has 6 heteroatoms. The molecule has 2 aromatic rings. The molecule has 2 aromatic carbocycles. The molecule has 0 saturated heterocycles. The van der Waals surface area contributed by atoms with Gasteiger partial charge in [0.2, 0.25) is 0 Å². The zero-order valence-electron chi connectivity index (χ0n) is 21.7. The van der Waals surface area contributed by atoms with Crippen molar-refractivity contribution in [3.8, 4) is 0 Å². The smallest absolute Gasteiger partial charge is 0.338 e. The number of anilines is 2. The highest BCUT2D eigenvalue weighted by Crippen LogP contribution is 2.30. The van der Waals surface area contributed by atoms with Crippen LogP contribution in [0.3, 0.4) is 0 Å². The molecule has 4 N–H and O–H groups in total. The van der Waals surface area contributed by atoms with Crippen LogP contribution in [0, 0.1) is 5.92 Å². The standard InChI is InChI=1S/C31H40N2O4/c1-2-3-4-5-6-7-23-10-17-28(18-11-23)37-31(35)26-13-8-24(9-14-26)12-19-30(34)36-21-20-25-15-16-27(32)22-29(25)33/h2,8-9,12-16,19,22-23,28H,1,3-7,10-11,17-18,20-21,32-33H2. The van der Waals surface area contributed by atoms with Gasteiger partial charge in [0.15, 0.2) is 0 Å². The van der Waals surface area contributed by atoms with Crippen molar-refractivity contribution in [3.63, 3.8) is 0 Å². The van der Waals surface area contributed by atoms with E-state index in [0.717, 1.165) is 49.1 Å². The second-order valence-corrected chi connectivity index (χ2v) is 9.81. The van der Waals surface area contributed by atoms with Crippen molar-refractivity contribution in [1.82, 2.24) is 0 Å². The lowest BCUT2D eigenvalue weighted by atomic mass is 9.84. The van der Waals surface area contributed by atoms with Gasteiger partial charge in [-0.25, -0.2) is 9.59 Å². The van der Waals surface area contributed by atoms with Gasteiger partial charge in [0, 0.05) is 23.9 Å². The topological polar surface area (TPSA) is 105 Å². The van der Waals surface area contributed by atoms with Gasteiger partial charge in [-0.15, -0.1) is 6.58 Å². The number of carbonyl (C=O) groups excluding carboxylic acids is 2. The van der Waals surface area contributed by atoms with Crippen molar-refractivity contribution >= 4 is 29.4 Å². The Morgan fingerprint density at radius 3 is 2.43 bits per heavy atom. The highest BCUT2D eigenvalue weighted by Gasteiger charge is 2.24. The van der Waals surface area contributed by atoms with Crippen LogP contribution in [0.25, 0.3) is 6.08 Å². The molecule has 198 valence electrons. The molecule has 37 heavy (non-hydrogen) atoms. The number of ether oxygens (including phenoxy) is 2. The molecule has 1 saturated carbocycles. The fourth-order valence-electron chi connectivity index (χ4n) is 4.70. The maximum absolute atomic E-state index is 12.6. The highest BCUT2D eigenvalue weighted by molar-refractivity contribution is 5.90. The Hall–Kier alpha value is -3.54. The first-order chi connectivity index (χ1) is 17.9. The fraction of sp³-hybridized carbons (Fsp3) is 0.419. The van der Waals surface area contributed by atoms with E-state index in [0.29, 0.717) is 23.4 Å². The van der Waals surface area contributed by atoms with Crippen LogP contribution < -0.4 is 11.5 Å². The predicted octanol–water partition coefficient (Wildman–Crippen LogP) is 6.50. The van der Waals surface area contributed by atoms with E-state index in [9.17, 15) is 9.59 Å². The SMILES string of the molecule is C=CCCCCCC1CCC(OC(=O)c2ccc(C=CC(=O)OCCc3ccc(N)cc3N)cc2)CC1. The van der Waals surface area contributed by atoms with Gasteiger partial charge in [-0.1, -0.05) is 43.5 Å². The molecule has 1 aliphatic rings. The molecule has 0 atom stereocenters. The molecule has 3 rings (SSSR count). The zero-order chi connectivity index (χ0) is 26.5. The van der Waals surface area contributed by atoms with Crippen molar-refractivity contribution in [3.05, 3.63) is 77.9 Å². The lowest BCUT2D eigenvalue weighted by molar-refractivity contribution is -0.137. The van der Waals surface area contributed by atoms with Gasteiger partial charge in [-0.2, -0.15) is 0 Å². The van der Waals surface area contributed by atoms with Crippen molar-refractivity contribution in [2.45, 2.75) is 70.3 Å². The van der Waals surface area contributed by atoms with Crippen LogP contribution in [0.15, 0.2) is 61.2 Å². The first kappa shape index (κ1) is 28.0. The summed E-state index contributed by atoms with van der Waals surface area (Å²) in [6, 6.07) is 12.3. The summed E-state index contributed by atoms with van der Waals surface area (Å²) in [7, 11) is 0. The number of rotatable bonds is 13. The molecule has 0 aromatic heterocycles. The number of carbonyl (C=O) groups is 2. The highest BCUT2D eigenvalue weighted by atomic mass is 16.5. The first-order valence-electron chi connectivity index (χ1n) is 13.3. The quantitative estimate of drug-likeness (QED) is 0.106. The summed E-state index contributed by atoms with van der Waals surface area (Å²) < 4.78 is 11.0. The van der Waals surface area contributed by atoms with E-state index in [1.807, 2.05) is 12.1 Å². The van der Waals surface area contributed by atoms with E-state index in [1.165, 1.54) is 31.8 Å². The van der Waals surface area contributed by atoms with Crippen molar-refractivity contribution in [2.75, 3.05) is 18.1 Å². The Kier molecular flexibility index (Phi) is 11.3. The van der Waals surface area contributed by atoms with Crippen LogP contribution in [0.1, 0.15) is 79.3 Å². The Bertz CT molecular complexity index is 1050. The monoisotopic (exact) mass is 504 g/mol. The lowest BCUT2D eigenvalue weighted by Gasteiger charge is -2.28. The van der Waals surface area contributed by atoms with Gasteiger partial charge in [0.25, 0.3) is 0 Å². The lowest BCUT2D eigenvalue weighted by Crippen LogP contribution is -2.24. The molecule has 6 nitrogen and oxygen atoms in total. The maximum atomic E-state index is 12.6. The molecule has 0 heterocycles. The zero-order valence-corrected chi connectivity index (χ0v) is 21.7. The van der Waals surface area contributed by atoms with Crippen LogP contribution in [0.5, 0.6) is 0 Å². The third-order valence-electron chi connectivity index (χ3n) is 6.93. The number of nitrogens with two attached hydrogens (primary N) is 2. The summed E-state index contributed by atoms with van der Waals surface area (Å²) in [5.74, 6) is 0.0295. The van der Waals surface area contributed by atoms with E-state index >= 15 is 0 Å². The average molecular weight is 505 g/mol. The molecular weight excluding hydrogens is 464 g/mol. The number of allylic oxidation sites excluding steroid dienone is 1. The fourth-order valence-corrected chi connectivity index (χ4v) is 4.70. The normalized spacial score (nSPS) is 17.4. The van der Waals surface area contributed by atoms with E-state index < -0.39 is 5.97 Å². The molecule has 0 bridgehead atoms. The summed E-state index contributed by atoms with van der Waals surface area (Å²) in [5.41, 5.74) is 15.0. The second kappa shape index (κ2) is 14.9. The molecule has 1 aliphatic carbocycles. The summed E-state index contributed by atoms with van der Waals surface area (Å²) in [6.07, 6.45) is 15.8. The number of hydrogen-bond donors (Lipinski definition) is 2. The summed E-state index contributed by atoms with van der Waals surface area (Å²) in [5, 5.41) is 0. The van der Waals surface area contributed by atoms with E-state index in [1.54, 1.807) is 42.5 Å². The predicted molar refractivity (Wildman–Crippen MR) is 150 cm³/mol. The third-order valence-corrected chi connectivity index (χ3v) is 6.93. The van der Waals surface area contributed by atoms with Crippen LogP contribution in [0.4, 0.5) is 11.4 Å². The minimum absolute atomic E-state index is 0.00227. The van der Waals surface area contributed by atoms with Crippen molar-refractivity contribution in [2.24, 2.45) is 5.92 Å². The van der Waals surface area contributed by atoms with Gasteiger partial charge in [0.1, 0.15) is 6.10 Å². The summed E-state index contributed by atoms with van der Waals surface area (Å²) >= 11 is 0. The largest absolute Gasteiger partial charge is 0.462 e. The van der Waals surface area contributed by atoms with E-state index in [4.69, 9.17) is 20.9 Å². The number of nitrogen functional groups attached to an aromatic ring is 2. The van der Waals surface area contributed by atoms with E-state index in [-0.39, 0.29) is 18.7 Å². The maximum Gasteiger partial charge on any atom is 0.338 e. The van der Waals surface area contributed by atoms with Crippen molar-refractivity contribution in [1.29, 1.82) is 0 Å². The first-order valence-corrected chi connectivity index (χ1v) is 13.3. The Balaban J connectivity index is 1.35. The molecule has 0 radical (unpaired) electrons. The molecule has 0 unspecified atom stereocenters. The van der Waals surface area contributed by atoms with Gasteiger partial charge >= 0.3 is 11.9 Å². The summed E-state index contributed by atoms with van der Waals surface area (Å²) in [6.45, 7) is 4.00. The minimum atomic E-state index is -0.440. The van der Waals surface area contributed by atoms with E-state index in [2.05, 4.69) is 6.58 Å². The van der Waals surface area contributed by atoms with Crippen LogP contribution >= 0.6 is 0 Å². The van der Waals surface area contributed by atoms with Crippen LogP contribution in [0.2, 0.25) is 0 Å². The van der Waals surface area contributed by atoms with Gasteiger partial charge < -0.3 is 20.9 Å². The molecule has 0 aliphatic heterocycles. The molecular formula is C31H40N2O4. The summed E-state index contributed by atoms with van der Waals surface area (Å²) in [4.78, 5) is 24.6. The third kappa shape index (κ3) is 9.79. The second-order valence-electron chi connectivity index (χ2n) is 9.81. The van der Waals surface area contributed by atoms with Gasteiger partial charge in [0.05, 0.1) is 12.2 Å². The van der Waals surface area contributed by atoms with Gasteiger partial charge in [-0.05, 0) is 85.9 Å². The van der Waals surface area contributed by atoms with Crippen LogP contribution in [-0.4, -0.2) is 24.6 Å². The molecule has 1 fully saturated rings. The van der Waals surface area contributed by atoms with Gasteiger partial charge in [-0.3, -0.25) is 0 Å². The molecule has 0 amide bonds. The Labute approximate surface area is 220 Å². The average Bonchev–Trinajstić information content (AvgIpc) is 2.90. The number of unbranched alkanes of at least 4 members (excludes halogenated alkanes) is 3. The Morgan fingerprint density at radius 1 is 0.973 bits per heavy atom. The minimum Gasteiger partial charge on any atom is -0.462 e. The number of hydrogen-bond acceptors (Lipinski definition) is 6.